The van der Waals surface area contributed by atoms with Gasteiger partial charge < -0.3 is 9.88 Å². The van der Waals surface area contributed by atoms with Crippen molar-refractivity contribution in [1.29, 1.82) is 0 Å². The summed E-state index contributed by atoms with van der Waals surface area (Å²) in [4.78, 5) is 28.7. The lowest BCUT2D eigenvalue weighted by atomic mass is 10.2. The summed E-state index contributed by atoms with van der Waals surface area (Å²) in [6.07, 6.45) is 1.58. The van der Waals surface area contributed by atoms with E-state index < -0.39 is 0 Å². The van der Waals surface area contributed by atoms with E-state index in [0.29, 0.717) is 11.3 Å². The molecule has 0 aliphatic rings. The molecule has 0 spiro atoms. The van der Waals surface area contributed by atoms with Gasteiger partial charge in [-0.3, -0.25) is 9.59 Å². The molecule has 0 saturated heterocycles. The van der Waals surface area contributed by atoms with Crippen LogP contribution in [0.4, 0.5) is 5.69 Å². The molecule has 2 aromatic carbocycles. The van der Waals surface area contributed by atoms with Crippen LogP contribution in [0.2, 0.25) is 0 Å². The Hall–Kier alpha value is -3.25. The van der Waals surface area contributed by atoms with E-state index in [2.05, 4.69) is 29.4 Å². The average Bonchev–Trinajstić information content (AvgIpc) is 3.07. The molecule has 0 atom stereocenters. The number of carbonyl (C=O) groups is 1. The zero-order chi connectivity index (χ0) is 19.0. The molecule has 0 radical (unpaired) electrons. The first-order valence-electron chi connectivity index (χ1n) is 8.45. The quantitative estimate of drug-likeness (QED) is 0.583. The van der Waals surface area contributed by atoms with Crippen molar-refractivity contribution in [2.75, 3.05) is 5.32 Å². The average molecular weight is 375 g/mol. The zero-order valence-corrected chi connectivity index (χ0v) is 15.7. The molecule has 1 N–H and O–H groups in total. The van der Waals surface area contributed by atoms with E-state index in [-0.39, 0.29) is 11.5 Å². The minimum Gasteiger partial charge on any atom is -0.322 e. The molecule has 2 heterocycles. The molecule has 0 aliphatic heterocycles. The van der Waals surface area contributed by atoms with Crippen LogP contribution in [-0.2, 0) is 7.05 Å². The smallest absolute Gasteiger partial charge is 0.255 e. The standard InChI is InChI=1S/C21H17N3O2S/c1-13-3-8-17-18(11-13)27-21(23-17)14-4-6-16(7-5-14)22-20(26)15-9-10-24(2)19(25)12-15/h3-12H,1-2H3,(H,22,26). The number of thiazole rings is 1. The van der Waals surface area contributed by atoms with Crippen molar-refractivity contribution in [2.45, 2.75) is 6.92 Å². The number of nitrogens with one attached hydrogen (secondary N) is 1. The van der Waals surface area contributed by atoms with Gasteiger partial charge in [0.1, 0.15) is 5.01 Å². The minimum atomic E-state index is -0.309. The van der Waals surface area contributed by atoms with Gasteiger partial charge in [-0.1, -0.05) is 6.07 Å². The van der Waals surface area contributed by atoms with Crippen molar-refractivity contribution in [3.05, 3.63) is 82.3 Å². The molecule has 2 aromatic heterocycles. The molecule has 134 valence electrons. The Kier molecular flexibility index (Phi) is 4.33. The number of amides is 1. The molecule has 5 nitrogen and oxygen atoms in total. The molecular weight excluding hydrogens is 358 g/mol. The SMILES string of the molecule is Cc1ccc2nc(-c3ccc(NC(=O)c4ccn(C)c(=O)c4)cc3)sc2c1. The molecule has 27 heavy (non-hydrogen) atoms. The Bertz CT molecular complexity index is 1210. The number of nitrogens with zero attached hydrogens (tertiary/aromatic N) is 2. The summed E-state index contributed by atoms with van der Waals surface area (Å²) in [7, 11) is 1.64. The molecular formula is C21H17N3O2S. The van der Waals surface area contributed by atoms with Crippen molar-refractivity contribution in [3.8, 4) is 10.6 Å². The number of carbonyl (C=O) groups excluding carboxylic acids is 1. The van der Waals surface area contributed by atoms with Crippen molar-refractivity contribution in [2.24, 2.45) is 7.05 Å². The zero-order valence-electron chi connectivity index (χ0n) is 14.9. The van der Waals surface area contributed by atoms with Gasteiger partial charge in [0.2, 0.25) is 0 Å². The van der Waals surface area contributed by atoms with Gasteiger partial charge in [0.25, 0.3) is 11.5 Å². The Morgan fingerprint density at radius 1 is 1.07 bits per heavy atom. The molecule has 0 bridgehead atoms. The maximum absolute atomic E-state index is 12.3. The number of anilines is 1. The third-order valence-corrected chi connectivity index (χ3v) is 5.37. The second kappa shape index (κ2) is 6.81. The lowest BCUT2D eigenvalue weighted by molar-refractivity contribution is 0.102. The third kappa shape index (κ3) is 3.52. The minimum absolute atomic E-state index is 0.218. The van der Waals surface area contributed by atoms with Gasteiger partial charge in [-0.25, -0.2) is 4.98 Å². The maximum Gasteiger partial charge on any atom is 0.255 e. The number of benzene rings is 2. The number of rotatable bonds is 3. The van der Waals surface area contributed by atoms with Gasteiger partial charge in [0, 0.05) is 36.1 Å². The van der Waals surface area contributed by atoms with Crippen LogP contribution in [0.25, 0.3) is 20.8 Å². The summed E-state index contributed by atoms with van der Waals surface area (Å²) in [5.74, 6) is -0.309. The highest BCUT2D eigenvalue weighted by Crippen LogP contribution is 2.31. The number of aryl methyl sites for hydroxylation is 2. The lowest BCUT2D eigenvalue weighted by Crippen LogP contribution is -2.19. The summed E-state index contributed by atoms with van der Waals surface area (Å²) in [5, 5.41) is 3.76. The van der Waals surface area contributed by atoms with E-state index >= 15 is 0 Å². The fourth-order valence-electron chi connectivity index (χ4n) is 2.74. The van der Waals surface area contributed by atoms with E-state index in [0.717, 1.165) is 20.8 Å². The molecule has 4 rings (SSSR count). The normalized spacial score (nSPS) is 10.9. The summed E-state index contributed by atoms with van der Waals surface area (Å²) in [6, 6.07) is 16.7. The van der Waals surface area contributed by atoms with Crippen molar-refractivity contribution >= 4 is 33.1 Å². The summed E-state index contributed by atoms with van der Waals surface area (Å²) < 4.78 is 2.58. The molecule has 4 aromatic rings. The van der Waals surface area contributed by atoms with Crippen LogP contribution in [0.1, 0.15) is 15.9 Å². The lowest BCUT2D eigenvalue weighted by Gasteiger charge is -2.06. The van der Waals surface area contributed by atoms with Crippen LogP contribution in [-0.4, -0.2) is 15.5 Å². The Morgan fingerprint density at radius 3 is 2.59 bits per heavy atom. The molecule has 0 fully saturated rings. The first-order chi connectivity index (χ1) is 13.0. The number of hydrogen-bond donors (Lipinski definition) is 1. The Morgan fingerprint density at radius 2 is 1.85 bits per heavy atom. The second-order valence-corrected chi connectivity index (χ2v) is 7.42. The number of pyridine rings is 1. The van der Waals surface area contributed by atoms with Gasteiger partial charge in [-0.2, -0.15) is 0 Å². The summed E-state index contributed by atoms with van der Waals surface area (Å²) >= 11 is 1.65. The highest BCUT2D eigenvalue weighted by atomic mass is 32.1. The largest absolute Gasteiger partial charge is 0.322 e. The molecule has 0 saturated carbocycles. The van der Waals surface area contributed by atoms with Gasteiger partial charge in [-0.05, 0) is 55.0 Å². The fourth-order valence-corrected chi connectivity index (χ4v) is 3.81. The Balaban J connectivity index is 1.55. The molecule has 0 unspecified atom stereocenters. The topological polar surface area (TPSA) is 64.0 Å². The first-order valence-corrected chi connectivity index (χ1v) is 9.27. The highest BCUT2D eigenvalue weighted by molar-refractivity contribution is 7.21. The van der Waals surface area contributed by atoms with Crippen LogP contribution in [0.5, 0.6) is 0 Å². The van der Waals surface area contributed by atoms with Crippen LogP contribution in [0.3, 0.4) is 0 Å². The van der Waals surface area contributed by atoms with Gasteiger partial charge >= 0.3 is 0 Å². The molecule has 6 heteroatoms. The van der Waals surface area contributed by atoms with E-state index in [4.69, 9.17) is 0 Å². The van der Waals surface area contributed by atoms with Crippen molar-refractivity contribution in [1.82, 2.24) is 9.55 Å². The van der Waals surface area contributed by atoms with E-state index in [1.54, 1.807) is 30.6 Å². The predicted molar refractivity (Wildman–Crippen MR) is 109 cm³/mol. The third-order valence-electron chi connectivity index (χ3n) is 4.30. The number of hydrogen-bond acceptors (Lipinski definition) is 4. The van der Waals surface area contributed by atoms with Gasteiger partial charge in [0.15, 0.2) is 0 Å². The van der Waals surface area contributed by atoms with Crippen LogP contribution < -0.4 is 10.9 Å². The Labute approximate surface area is 159 Å². The van der Waals surface area contributed by atoms with Crippen molar-refractivity contribution in [3.63, 3.8) is 0 Å². The second-order valence-electron chi connectivity index (χ2n) is 6.39. The van der Waals surface area contributed by atoms with Crippen LogP contribution >= 0.6 is 11.3 Å². The monoisotopic (exact) mass is 375 g/mol. The van der Waals surface area contributed by atoms with E-state index in [1.807, 2.05) is 30.3 Å². The van der Waals surface area contributed by atoms with Crippen molar-refractivity contribution < 1.29 is 4.79 Å². The van der Waals surface area contributed by atoms with E-state index in [9.17, 15) is 9.59 Å². The predicted octanol–water partition coefficient (Wildman–Crippen LogP) is 4.22. The number of aromatic nitrogens is 2. The molecule has 0 aliphatic carbocycles. The molecule has 1 amide bonds. The highest BCUT2D eigenvalue weighted by Gasteiger charge is 2.09. The van der Waals surface area contributed by atoms with Crippen LogP contribution in [0.15, 0.2) is 65.6 Å². The first kappa shape index (κ1) is 17.2. The summed E-state index contributed by atoms with van der Waals surface area (Å²) in [5.41, 5.74) is 3.99. The number of fused-ring (bicyclic) bond motifs is 1. The summed E-state index contributed by atoms with van der Waals surface area (Å²) in [6.45, 7) is 2.07. The fraction of sp³-hybridized carbons (Fsp3) is 0.0952. The van der Waals surface area contributed by atoms with Gasteiger partial charge in [-0.15, -0.1) is 11.3 Å². The van der Waals surface area contributed by atoms with E-state index in [1.165, 1.54) is 16.2 Å². The van der Waals surface area contributed by atoms with Crippen LogP contribution in [0, 0.1) is 6.92 Å². The maximum atomic E-state index is 12.3. The van der Waals surface area contributed by atoms with Gasteiger partial charge in [0.05, 0.1) is 10.2 Å².